The molecule has 6 heteroatoms. The van der Waals surface area contributed by atoms with Crippen LogP contribution >= 0.6 is 0 Å². The maximum Gasteiger partial charge on any atom is 0.227 e. The minimum Gasteiger partial charge on any atom is -0.497 e. The van der Waals surface area contributed by atoms with E-state index in [1.807, 2.05) is 24.3 Å². The lowest BCUT2D eigenvalue weighted by Crippen LogP contribution is -2.49. The molecule has 6 nitrogen and oxygen atoms in total. The summed E-state index contributed by atoms with van der Waals surface area (Å²) in [7, 11) is 1.65. The first kappa shape index (κ1) is 19.1. The van der Waals surface area contributed by atoms with Crippen LogP contribution in [0, 0.1) is 0 Å². The molecule has 2 aliphatic heterocycles. The number of amides is 1. The predicted molar refractivity (Wildman–Crippen MR) is 99.5 cm³/mol. The van der Waals surface area contributed by atoms with Gasteiger partial charge >= 0.3 is 0 Å². The highest BCUT2D eigenvalue weighted by Crippen LogP contribution is 2.18. The van der Waals surface area contributed by atoms with E-state index in [-0.39, 0.29) is 11.9 Å². The Morgan fingerprint density at radius 3 is 2.65 bits per heavy atom. The molecule has 3 rings (SSSR count). The number of rotatable bonds is 7. The molecule has 0 N–H and O–H groups in total. The van der Waals surface area contributed by atoms with E-state index in [1.165, 1.54) is 0 Å². The van der Waals surface area contributed by atoms with E-state index in [1.54, 1.807) is 7.11 Å². The van der Waals surface area contributed by atoms with Crippen LogP contribution in [0.3, 0.4) is 0 Å². The zero-order valence-electron chi connectivity index (χ0n) is 15.7. The van der Waals surface area contributed by atoms with Gasteiger partial charge in [-0.2, -0.15) is 0 Å². The number of benzene rings is 1. The zero-order valence-corrected chi connectivity index (χ0v) is 15.7. The van der Waals surface area contributed by atoms with Crippen LogP contribution in [0.25, 0.3) is 0 Å². The van der Waals surface area contributed by atoms with E-state index < -0.39 is 0 Å². The molecule has 0 bridgehead atoms. The second-order valence-electron chi connectivity index (χ2n) is 6.91. The molecule has 2 saturated heterocycles. The third kappa shape index (κ3) is 5.43. The molecule has 2 fully saturated rings. The Kier molecular flexibility index (Phi) is 7.29. The number of hydrogen-bond acceptors (Lipinski definition) is 5. The van der Waals surface area contributed by atoms with Crippen LogP contribution in [-0.4, -0.2) is 81.5 Å². The maximum absolute atomic E-state index is 13.1. The SMILES string of the molecule is COc1cccc(CC(=O)N(CCN2CCOCC2)C2CCOCC2)c1. The molecule has 0 atom stereocenters. The van der Waals surface area contributed by atoms with Gasteiger partial charge in [-0.25, -0.2) is 0 Å². The molecule has 0 unspecified atom stereocenters. The van der Waals surface area contributed by atoms with Crippen molar-refractivity contribution < 1.29 is 19.0 Å². The first-order valence-corrected chi connectivity index (χ1v) is 9.56. The molecule has 1 aromatic rings. The fourth-order valence-electron chi connectivity index (χ4n) is 3.64. The molecular weight excluding hydrogens is 332 g/mol. The monoisotopic (exact) mass is 362 g/mol. The Bertz CT molecular complexity index is 569. The quantitative estimate of drug-likeness (QED) is 0.737. The second kappa shape index (κ2) is 9.90. The molecule has 2 heterocycles. The summed E-state index contributed by atoms with van der Waals surface area (Å²) in [4.78, 5) is 17.5. The van der Waals surface area contributed by atoms with Crippen molar-refractivity contribution in [3.05, 3.63) is 29.8 Å². The fraction of sp³-hybridized carbons (Fsp3) is 0.650. The average molecular weight is 362 g/mol. The van der Waals surface area contributed by atoms with Gasteiger partial charge in [-0.3, -0.25) is 9.69 Å². The summed E-state index contributed by atoms with van der Waals surface area (Å²) in [5.41, 5.74) is 0.998. The van der Waals surface area contributed by atoms with E-state index in [9.17, 15) is 4.79 Å². The van der Waals surface area contributed by atoms with Crippen LogP contribution in [0.4, 0.5) is 0 Å². The Morgan fingerprint density at radius 1 is 1.19 bits per heavy atom. The summed E-state index contributed by atoms with van der Waals surface area (Å²) in [5.74, 6) is 0.986. The standard InChI is InChI=1S/C20H30N2O4/c1-24-19-4-2-3-17(15-19)16-20(23)22(18-5-11-25-12-6-18)8-7-21-9-13-26-14-10-21/h2-4,15,18H,5-14,16H2,1H3. The van der Waals surface area contributed by atoms with Crippen LogP contribution in [0.15, 0.2) is 24.3 Å². The van der Waals surface area contributed by atoms with Gasteiger partial charge in [-0.1, -0.05) is 12.1 Å². The number of morpholine rings is 1. The summed E-state index contributed by atoms with van der Waals surface area (Å²) < 4.78 is 16.2. The average Bonchev–Trinajstić information content (AvgIpc) is 2.70. The van der Waals surface area contributed by atoms with Crippen molar-refractivity contribution >= 4 is 5.91 Å². The lowest BCUT2D eigenvalue weighted by molar-refractivity contribution is -0.135. The summed E-state index contributed by atoms with van der Waals surface area (Å²) >= 11 is 0. The lowest BCUT2D eigenvalue weighted by Gasteiger charge is -2.36. The van der Waals surface area contributed by atoms with Crippen molar-refractivity contribution in [2.45, 2.75) is 25.3 Å². The Hall–Kier alpha value is -1.63. The largest absolute Gasteiger partial charge is 0.497 e. The summed E-state index contributed by atoms with van der Waals surface area (Å²) in [6.45, 7) is 6.63. The van der Waals surface area contributed by atoms with Gasteiger partial charge in [0.25, 0.3) is 0 Å². The van der Waals surface area contributed by atoms with Gasteiger partial charge in [0.2, 0.25) is 5.91 Å². The van der Waals surface area contributed by atoms with Gasteiger partial charge in [0, 0.05) is 45.4 Å². The molecule has 0 spiro atoms. The van der Waals surface area contributed by atoms with Crippen LogP contribution in [0.1, 0.15) is 18.4 Å². The van der Waals surface area contributed by atoms with Crippen LogP contribution < -0.4 is 4.74 Å². The smallest absolute Gasteiger partial charge is 0.227 e. The van der Waals surface area contributed by atoms with E-state index >= 15 is 0 Å². The van der Waals surface area contributed by atoms with Gasteiger partial charge < -0.3 is 19.1 Å². The fourth-order valence-corrected chi connectivity index (χ4v) is 3.64. The van der Waals surface area contributed by atoms with E-state index in [4.69, 9.17) is 14.2 Å². The molecule has 0 radical (unpaired) electrons. The van der Waals surface area contributed by atoms with Gasteiger partial charge in [0.05, 0.1) is 26.7 Å². The Labute approximate surface area is 156 Å². The minimum absolute atomic E-state index is 0.193. The van der Waals surface area contributed by atoms with Crippen molar-refractivity contribution in [3.8, 4) is 5.75 Å². The van der Waals surface area contributed by atoms with Crippen molar-refractivity contribution in [1.29, 1.82) is 0 Å². The van der Waals surface area contributed by atoms with Gasteiger partial charge in [0.1, 0.15) is 5.75 Å². The first-order valence-electron chi connectivity index (χ1n) is 9.56. The minimum atomic E-state index is 0.193. The van der Waals surface area contributed by atoms with Gasteiger partial charge in [0.15, 0.2) is 0 Å². The number of nitrogens with zero attached hydrogens (tertiary/aromatic N) is 2. The van der Waals surface area contributed by atoms with Crippen molar-refractivity contribution in [1.82, 2.24) is 9.80 Å². The highest BCUT2D eigenvalue weighted by molar-refractivity contribution is 5.79. The molecule has 1 aromatic carbocycles. The molecular formula is C20H30N2O4. The van der Waals surface area contributed by atoms with E-state index in [0.29, 0.717) is 6.42 Å². The number of methoxy groups -OCH3 is 1. The molecule has 0 saturated carbocycles. The predicted octanol–water partition coefficient (Wildman–Crippen LogP) is 1.58. The zero-order chi connectivity index (χ0) is 18.2. The third-order valence-corrected chi connectivity index (χ3v) is 5.20. The van der Waals surface area contributed by atoms with E-state index in [0.717, 1.165) is 76.8 Å². The lowest BCUT2D eigenvalue weighted by atomic mass is 10.0. The summed E-state index contributed by atoms with van der Waals surface area (Å²) in [6.07, 6.45) is 2.26. The Balaban J connectivity index is 1.63. The maximum atomic E-state index is 13.1. The number of ether oxygens (including phenoxy) is 3. The number of hydrogen-bond donors (Lipinski definition) is 0. The van der Waals surface area contributed by atoms with Crippen molar-refractivity contribution in [2.24, 2.45) is 0 Å². The topological polar surface area (TPSA) is 51.2 Å². The van der Waals surface area contributed by atoms with Crippen LogP contribution in [0.2, 0.25) is 0 Å². The van der Waals surface area contributed by atoms with Gasteiger partial charge in [-0.05, 0) is 30.5 Å². The molecule has 1 amide bonds. The highest BCUT2D eigenvalue weighted by Gasteiger charge is 2.26. The normalized spacial score (nSPS) is 19.3. The summed E-state index contributed by atoms with van der Waals surface area (Å²) in [6, 6.07) is 8.06. The van der Waals surface area contributed by atoms with Gasteiger partial charge in [-0.15, -0.1) is 0 Å². The molecule has 26 heavy (non-hydrogen) atoms. The van der Waals surface area contributed by atoms with E-state index in [2.05, 4.69) is 9.80 Å². The molecule has 0 aromatic heterocycles. The molecule has 0 aliphatic carbocycles. The first-order chi connectivity index (χ1) is 12.8. The highest BCUT2D eigenvalue weighted by atomic mass is 16.5. The van der Waals surface area contributed by atoms with Crippen LogP contribution in [0.5, 0.6) is 5.75 Å². The number of carbonyl (C=O) groups excluding carboxylic acids is 1. The van der Waals surface area contributed by atoms with Crippen molar-refractivity contribution in [3.63, 3.8) is 0 Å². The van der Waals surface area contributed by atoms with Crippen molar-refractivity contribution in [2.75, 3.05) is 59.7 Å². The molecule has 144 valence electrons. The third-order valence-electron chi connectivity index (χ3n) is 5.20. The molecule has 2 aliphatic rings. The second-order valence-corrected chi connectivity index (χ2v) is 6.91. The number of carbonyl (C=O) groups is 1. The Morgan fingerprint density at radius 2 is 1.92 bits per heavy atom. The summed E-state index contributed by atoms with van der Waals surface area (Å²) in [5, 5.41) is 0. The van der Waals surface area contributed by atoms with Crippen LogP contribution in [-0.2, 0) is 20.7 Å².